The maximum Gasteiger partial charge on any atom is 0.101 e. The molecule has 0 aliphatic carbocycles. The number of hydrogen-bond donors (Lipinski definition) is 2. The highest BCUT2D eigenvalue weighted by Crippen LogP contribution is 2.43. The second kappa shape index (κ2) is 11.6. The zero-order chi connectivity index (χ0) is 30.2. The standard InChI is InChI=1S/C34H12N4S6/c35-17-19-13-31-27-9-11-30(43-27)34-16-22(38)26(42-34)8-4-2-6-24-20(18-36)14-32(40-24)28-10-12-29(44-28)33-15-21(37)25(41-33)7-3-1-5-23(19)39-31/h9-16H,37-38H2. The Balaban J connectivity index is 1.34. The fraction of sp³-hybridized carbons (Fsp3) is 0. The first-order chi connectivity index (χ1) is 21.5. The van der Waals surface area contributed by atoms with Gasteiger partial charge in [0.15, 0.2) is 0 Å². The molecule has 0 fully saturated rings. The predicted molar refractivity (Wildman–Crippen MR) is 188 cm³/mol. The van der Waals surface area contributed by atoms with E-state index in [-0.39, 0.29) is 0 Å². The number of rotatable bonds is 0. The average molecular weight is 669 g/mol. The van der Waals surface area contributed by atoms with E-state index in [2.05, 4.69) is 59.5 Å². The van der Waals surface area contributed by atoms with E-state index in [0.717, 1.165) is 48.8 Å². The smallest absolute Gasteiger partial charge is 0.101 e. The van der Waals surface area contributed by atoms with Crippen molar-refractivity contribution in [3.05, 3.63) is 79.2 Å². The monoisotopic (exact) mass is 668 g/mol. The third-order valence-electron chi connectivity index (χ3n) is 6.24. The van der Waals surface area contributed by atoms with Gasteiger partial charge in [0.1, 0.15) is 21.9 Å². The van der Waals surface area contributed by atoms with Crippen LogP contribution in [0, 0.1) is 70.0 Å². The van der Waals surface area contributed by atoms with Crippen LogP contribution in [0.25, 0.3) is 39.0 Å². The summed E-state index contributed by atoms with van der Waals surface area (Å²) in [5.74, 6) is 23.9. The molecule has 0 radical (unpaired) electrons. The second-order valence-electron chi connectivity index (χ2n) is 9.05. The topological polar surface area (TPSA) is 99.6 Å². The van der Waals surface area contributed by atoms with E-state index in [9.17, 15) is 10.5 Å². The molecule has 1 aliphatic rings. The number of nitrogens with two attached hydrogens (primary N) is 2. The molecule has 0 saturated carbocycles. The summed E-state index contributed by atoms with van der Waals surface area (Å²) in [5, 5.41) is 19.5. The van der Waals surface area contributed by atoms with Crippen LogP contribution in [0.3, 0.4) is 0 Å². The Bertz CT molecular complexity index is 2310. The summed E-state index contributed by atoms with van der Waals surface area (Å²) in [7, 11) is 0. The van der Waals surface area contributed by atoms with Gasteiger partial charge in [0.2, 0.25) is 0 Å². The van der Waals surface area contributed by atoms with Crippen molar-refractivity contribution in [1.82, 2.24) is 0 Å². The lowest BCUT2D eigenvalue weighted by Gasteiger charge is -1.90. The molecule has 1 aliphatic heterocycles. The fourth-order valence-corrected chi connectivity index (χ4v) is 10.3. The van der Waals surface area contributed by atoms with E-state index in [1.54, 1.807) is 22.7 Å². The molecule has 0 aromatic carbocycles. The number of nitrogen functional groups attached to an aromatic ring is 2. The molecule has 10 heteroatoms. The zero-order valence-electron chi connectivity index (χ0n) is 22.1. The van der Waals surface area contributed by atoms with Crippen molar-refractivity contribution in [2.45, 2.75) is 0 Å². The van der Waals surface area contributed by atoms with Gasteiger partial charge in [0, 0.05) is 39.0 Å². The van der Waals surface area contributed by atoms with Gasteiger partial charge < -0.3 is 11.5 Å². The molecule has 0 spiro atoms. The largest absolute Gasteiger partial charge is 0.397 e. The lowest BCUT2D eigenvalue weighted by Crippen LogP contribution is -1.82. The molecular weight excluding hydrogens is 657 g/mol. The van der Waals surface area contributed by atoms with Crippen molar-refractivity contribution in [2.75, 3.05) is 11.5 Å². The van der Waals surface area contributed by atoms with Gasteiger partial charge >= 0.3 is 0 Å². The Hall–Kier alpha value is -4.98. The highest BCUT2D eigenvalue weighted by molar-refractivity contribution is 7.27. The predicted octanol–water partition coefficient (Wildman–Crippen LogP) is 8.75. The minimum Gasteiger partial charge on any atom is -0.397 e. The Kier molecular flexibility index (Phi) is 7.34. The molecule has 6 aromatic heterocycles. The summed E-state index contributed by atoms with van der Waals surface area (Å²) in [6.45, 7) is 0. The van der Waals surface area contributed by atoms with E-state index < -0.39 is 0 Å². The number of fused-ring (bicyclic) bond motifs is 16. The van der Waals surface area contributed by atoms with Crippen molar-refractivity contribution in [3.63, 3.8) is 0 Å². The van der Waals surface area contributed by atoms with Crippen LogP contribution in [0.4, 0.5) is 11.4 Å². The zero-order valence-corrected chi connectivity index (χ0v) is 27.0. The summed E-state index contributed by atoms with van der Waals surface area (Å²) in [5.41, 5.74) is 14.8. The van der Waals surface area contributed by atoms with Gasteiger partial charge in [-0.3, -0.25) is 0 Å². The summed E-state index contributed by atoms with van der Waals surface area (Å²) in [4.78, 5) is 10.9. The van der Waals surface area contributed by atoms with Crippen LogP contribution in [-0.4, -0.2) is 0 Å². The molecule has 0 atom stereocenters. The van der Waals surface area contributed by atoms with Gasteiger partial charge in [-0.05, 0) is 95.9 Å². The molecule has 204 valence electrons. The molecule has 44 heavy (non-hydrogen) atoms. The average Bonchev–Trinajstić information content (AvgIpc) is 3.86. The lowest BCUT2D eigenvalue weighted by molar-refractivity contribution is 1.50. The number of nitriles is 2. The van der Waals surface area contributed by atoms with Gasteiger partial charge in [-0.15, -0.1) is 68.0 Å². The summed E-state index contributed by atoms with van der Waals surface area (Å²) in [6.07, 6.45) is 0. The van der Waals surface area contributed by atoms with Crippen LogP contribution in [0.15, 0.2) is 48.5 Å². The Labute approximate surface area is 277 Å². The van der Waals surface area contributed by atoms with Crippen molar-refractivity contribution in [2.24, 2.45) is 0 Å². The molecule has 6 aromatic rings. The Morgan fingerprint density at radius 1 is 0.432 bits per heavy atom. The minimum atomic E-state index is 0.525. The van der Waals surface area contributed by atoms with Gasteiger partial charge in [-0.2, -0.15) is 10.5 Å². The first-order valence-electron chi connectivity index (χ1n) is 12.6. The van der Waals surface area contributed by atoms with Crippen molar-refractivity contribution in [1.29, 1.82) is 10.5 Å². The van der Waals surface area contributed by atoms with Gasteiger partial charge in [0.25, 0.3) is 0 Å². The molecular formula is C34H12N4S6. The maximum atomic E-state index is 9.74. The lowest BCUT2D eigenvalue weighted by atomic mass is 10.2. The highest BCUT2D eigenvalue weighted by atomic mass is 32.1. The van der Waals surface area contributed by atoms with Gasteiger partial charge in [0.05, 0.1) is 32.3 Å². The maximum absolute atomic E-state index is 9.74. The van der Waals surface area contributed by atoms with E-state index >= 15 is 0 Å². The van der Waals surface area contributed by atoms with Gasteiger partial charge in [-0.1, -0.05) is 0 Å². The number of hydrogen-bond acceptors (Lipinski definition) is 10. The van der Waals surface area contributed by atoms with Crippen LogP contribution in [0.5, 0.6) is 0 Å². The molecule has 4 nitrogen and oxygen atoms in total. The van der Waals surface area contributed by atoms with E-state index in [1.807, 2.05) is 48.5 Å². The van der Waals surface area contributed by atoms with Crippen molar-refractivity contribution in [3.8, 4) is 98.5 Å². The number of nitrogens with zero attached hydrogens (tertiary/aromatic N) is 2. The van der Waals surface area contributed by atoms with Crippen LogP contribution < -0.4 is 11.5 Å². The molecule has 0 saturated heterocycles. The van der Waals surface area contributed by atoms with Crippen LogP contribution >= 0.6 is 68.0 Å². The Morgan fingerprint density at radius 3 is 1.11 bits per heavy atom. The molecule has 12 bridgehead atoms. The third-order valence-corrected chi connectivity index (χ3v) is 13.4. The first kappa shape index (κ1) is 27.8. The molecule has 0 unspecified atom stereocenters. The number of thiophene rings is 6. The van der Waals surface area contributed by atoms with Crippen LogP contribution in [0.2, 0.25) is 0 Å². The minimum absolute atomic E-state index is 0.525. The van der Waals surface area contributed by atoms with E-state index in [0.29, 0.717) is 32.3 Å². The molecule has 7 heterocycles. The highest BCUT2D eigenvalue weighted by Gasteiger charge is 2.15. The second-order valence-corrected chi connectivity index (χ2v) is 15.4. The summed E-state index contributed by atoms with van der Waals surface area (Å²) < 4.78 is 0. The fourth-order valence-electron chi connectivity index (χ4n) is 4.18. The molecule has 0 amide bonds. The molecule has 4 N–H and O–H groups in total. The molecule has 7 rings (SSSR count). The number of anilines is 2. The van der Waals surface area contributed by atoms with Crippen molar-refractivity contribution < 1.29 is 0 Å². The van der Waals surface area contributed by atoms with Crippen LogP contribution in [0.1, 0.15) is 30.6 Å². The SMILES string of the molecule is N#Cc1cc2sc1C#CC#Cc1sc(cc1N)-c1ccc(s1)-c1cc(C#N)c(s1)C#CC#Cc1sc(cc1N)-c1ccc-2s1. The first-order valence-corrected chi connectivity index (χ1v) is 17.5. The summed E-state index contributed by atoms with van der Waals surface area (Å²) in [6, 6.07) is 20.3. The van der Waals surface area contributed by atoms with Crippen LogP contribution in [-0.2, 0) is 0 Å². The normalized spacial score (nSPS) is 10.9. The third kappa shape index (κ3) is 5.32. The van der Waals surface area contributed by atoms with E-state index in [1.165, 1.54) is 45.3 Å². The van der Waals surface area contributed by atoms with E-state index in [4.69, 9.17) is 11.5 Å². The Morgan fingerprint density at radius 2 is 0.750 bits per heavy atom. The van der Waals surface area contributed by atoms with Crippen molar-refractivity contribution >= 4 is 79.4 Å². The van der Waals surface area contributed by atoms with Gasteiger partial charge in [-0.25, -0.2) is 0 Å². The quantitative estimate of drug-likeness (QED) is 0.158. The summed E-state index contributed by atoms with van der Waals surface area (Å²) >= 11 is 9.20.